The number of aliphatic imine (C=N–C) groups is 1. The van der Waals surface area contributed by atoms with Gasteiger partial charge in [-0.25, -0.2) is 9.98 Å². The van der Waals surface area contributed by atoms with E-state index in [0.29, 0.717) is 13.2 Å². The van der Waals surface area contributed by atoms with Crippen LogP contribution in [0.25, 0.3) is 10.9 Å². The van der Waals surface area contributed by atoms with E-state index in [4.69, 9.17) is 14.7 Å². The van der Waals surface area contributed by atoms with E-state index in [1.165, 1.54) is 0 Å². The third-order valence-electron chi connectivity index (χ3n) is 3.74. The third kappa shape index (κ3) is 6.60. The average Bonchev–Trinajstić information content (AvgIpc) is 2.62. The lowest BCUT2D eigenvalue weighted by molar-refractivity contribution is 0.152. The number of aromatic nitrogens is 1. The number of halogens is 1. The molecule has 0 saturated heterocycles. The molecule has 0 aliphatic rings. The maximum Gasteiger partial charge on any atom is 0.191 e. The fourth-order valence-electron chi connectivity index (χ4n) is 2.48. The first kappa shape index (κ1) is 22.4. The highest BCUT2D eigenvalue weighted by molar-refractivity contribution is 14.0. The second-order valence-electron chi connectivity index (χ2n) is 5.87. The first-order valence-electron chi connectivity index (χ1n) is 8.81. The Morgan fingerprint density at radius 3 is 2.65 bits per heavy atom. The number of anilines is 1. The first-order valence-corrected chi connectivity index (χ1v) is 8.81. The zero-order valence-electron chi connectivity index (χ0n) is 16.1. The van der Waals surface area contributed by atoms with E-state index in [1.54, 1.807) is 0 Å². The molecule has 0 aliphatic heterocycles. The highest BCUT2D eigenvalue weighted by atomic mass is 127. The van der Waals surface area contributed by atoms with Crippen molar-refractivity contribution in [2.75, 3.05) is 45.3 Å². The van der Waals surface area contributed by atoms with Crippen LogP contribution in [-0.4, -0.2) is 51.3 Å². The lowest BCUT2D eigenvalue weighted by Crippen LogP contribution is -2.39. The van der Waals surface area contributed by atoms with Crippen molar-refractivity contribution in [1.82, 2.24) is 15.6 Å². The third-order valence-corrected chi connectivity index (χ3v) is 3.74. The monoisotopic (exact) mass is 471 g/mol. The number of nitrogens with one attached hydrogen (secondary N) is 2. The maximum absolute atomic E-state index is 5.37. The van der Waals surface area contributed by atoms with Gasteiger partial charge in [-0.2, -0.15) is 0 Å². The van der Waals surface area contributed by atoms with Gasteiger partial charge in [0.05, 0.1) is 18.7 Å². The van der Waals surface area contributed by atoms with Crippen LogP contribution >= 0.6 is 24.0 Å². The van der Waals surface area contributed by atoms with Crippen LogP contribution in [0.4, 0.5) is 5.82 Å². The van der Waals surface area contributed by atoms with Crippen molar-refractivity contribution in [3.05, 3.63) is 35.9 Å². The van der Waals surface area contributed by atoms with Gasteiger partial charge in [-0.15, -0.1) is 24.0 Å². The molecule has 144 valence electrons. The molecule has 0 bridgehead atoms. The molecule has 0 amide bonds. The molecule has 2 rings (SSSR count). The maximum atomic E-state index is 5.37. The number of guanidine groups is 1. The van der Waals surface area contributed by atoms with E-state index >= 15 is 0 Å². The summed E-state index contributed by atoms with van der Waals surface area (Å²) in [5.41, 5.74) is 2.16. The van der Waals surface area contributed by atoms with Gasteiger partial charge in [0.15, 0.2) is 5.96 Å². The molecule has 2 N–H and O–H groups in total. The predicted molar refractivity (Wildman–Crippen MR) is 121 cm³/mol. The summed E-state index contributed by atoms with van der Waals surface area (Å²) in [6.45, 7) is 7.60. The van der Waals surface area contributed by atoms with E-state index in [9.17, 15) is 0 Å². The van der Waals surface area contributed by atoms with Crippen LogP contribution in [0.2, 0.25) is 0 Å². The number of para-hydroxylation sites is 1. The minimum atomic E-state index is 0. The first-order chi connectivity index (χ1) is 12.2. The molecule has 1 aromatic carbocycles. The van der Waals surface area contributed by atoms with Crippen LogP contribution < -0.4 is 15.5 Å². The van der Waals surface area contributed by atoms with Gasteiger partial charge in [-0.3, -0.25) is 0 Å². The number of nitrogens with zero attached hydrogens (tertiary/aromatic N) is 3. The van der Waals surface area contributed by atoms with Crippen molar-refractivity contribution in [1.29, 1.82) is 0 Å². The molecule has 6 nitrogen and oxygen atoms in total. The minimum Gasteiger partial charge on any atom is -0.380 e. The van der Waals surface area contributed by atoms with Crippen LogP contribution in [0.3, 0.4) is 0 Å². The molecule has 1 aromatic heterocycles. The highest BCUT2D eigenvalue weighted by Crippen LogP contribution is 2.22. The van der Waals surface area contributed by atoms with E-state index < -0.39 is 0 Å². The number of fused-ring (bicyclic) bond motifs is 1. The molecule has 26 heavy (non-hydrogen) atoms. The summed E-state index contributed by atoms with van der Waals surface area (Å²) in [6, 6.07) is 10.3. The summed E-state index contributed by atoms with van der Waals surface area (Å²) in [5, 5.41) is 7.71. The van der Waals surface area contributed by atoms with Crippen molar-refractivity contribution >= 4 is 46.7 Å². The second-order valence-corrected chi connectivity index (χ2v) is 5.87. The molecule has 0 atom stereocenters. The SMILES string of the molecule is CCNC(=NCc1cc(N(C)C)nc2ccccc12)NCCOCC.I. The van der Waals surface area contributed by atoms with Gasteiger partial charge in [0.2, 0.25) is 0 Å². The van der Waals surface area contributed by atoms with Gasteiger partial charge < -0.3 is 20.3 Å². The average molecular weight is 471 g/mol. The lowest BCUT2D eigenvalue weighted by Gasteiger charge is -2.15. The van der Waals surface area contributed by atoms with Crippen molar-refractivity contribution < 1.29 is 4.74 Å². The molecule has 2 aromatic rings. The molecular weight excluding hydrogens is 441 g/mol. The van der Waals surface area contributed by atoms with Crippen molar-refractivity contribution in [2.24, 2.45) is 4.99 Å². The molecule has 0 fully saturated rings. The van der Waals surface area contributed by atoms with E-state index in [0.717, 1.165) is 47.9 Å². The second kappa shape index (κ2) is 11.9. The van der Waals surface area contributed by atoms with E-state index in [1.807, 2.05) is 44.1 Å². The lowest BCUT2D eigenvalue weighted by atomic mass is 10.1. The summed E-state index contributed by atoms with van der Waals surface area (Å²) in [4.78, 5) is 11.4. The molecule has 0 aliphatic carbocycles. The van der Waals surface area contributed by atoms with Gasteiger partial charge in [0.25, 0.3) is 0 Å². The molecule has 1 heterocycles. The Labute approximate surface area is 173 Å². The molecule has 0 saturated carbocycles. The number of ether oxygens (including phenoxy) is 1. The van der Waals surface area contributed by atoms with Crippen molar-refractivity contribution in [3.8, 4) is 0 Å². The van der Waals surface area contributed by atoms with Crippen LogP contribution in [0.1, 0.15) is 19.4 Å². The normalized spacial score (nSPS) is 11.2. The number of pyridine rings is 1. The Hall–Kier alpha value is -1.61. The Bertz CT molecular complexity index is 705. The van der Waals surface area contributed by atoms with Crippen LogP contribution in [0, 0.1) is 0 Å². The summed E-state index contributed by atoms with van der Waals surface area (Å²) < 4.78 is 5.37. The number of rotatable bonds is 8. The molecule has 0 radical (unpaired) electrons. The zero-order chi connectivity index (χ0) is 18.1. The summed E-state index contributed by atoms with van der Waals surface area (Å²) in [5.74, 6) is 1.74. The van der Waals surface area contributed by atoms with Gasteiger partial charge in [0.1, 0.15) is 5.82 Å². The number of benzene rings is 1. The van der Waals surface area contributed by atoms with E-state index in [-0.39, 0.29) is 24.0 Å². The van der Waals surface area contributed by atoms with Crippen LogP contribution in [0.15, 0.2) is 35.3 Å². The van der Waals surface area contributed by atoms with Gasteiger partial charge in [-0.05, 0) is 31.5 Å². The summed E-state index contributed by atoms with van der Waals surface area (Å²) in [7, 11) is 4.01. The van der Waals surface area contributed by atoms with E-state index in [2.05, 4.69) is 29.7 Å². The molecule has 0 spiro atoms. The quantitative estimate of drug-likeness (QED) is 0.268. The van der Waals surface area contributed by atoms with Crippen molar-refractivity contribution in [2.45, 2.75) is 20.4 Å². The Morgan fingerprint density at radius 2 is 1.96 bits per heavy atom. The molecule has 0 unspecified atom stereocenters. The summed E-state index contributed by atoms with van der Waals surface area (Å²) >= 11 is 0. The summed E-state index contributed by atoms with van der Waals surface area (Å²) in [6.07, 6.45) is 0. The number of hydrogen-bond acceptors (Lipinski definition) is 4. The highest BCUT2D eigenvalue weighted by Gasteiger charge is 2.07. The standard InChI is InChI=1S/C19H29N5O.HI/c1-5-20-19(21-11-12-25-6-2)22-14-15-13-18(24(3)4)23-17-10-8-7-9-16(15)17;/h7-10,13H,5-6,11-12,14H2,1-4H3,(H2,20,21,22);1H. The van der Waals surface area contributed by atoms with Crippen molar-refractivity contribution in [3.63, 3.8) is 0 Å². The zero-order valence-corrected chi connectivity index (χ0v) is 18.4. The molecular formula is C19H30IN5O. The van der Waals surface area contributed by atoms with Crippen LogP contribution in [0.5, 0.6) is 0 Å². The fourth-order valence-corrected chi connectivity index (χ4v) is 2.48. The van der Waals surface area contributed by atoms with Gasteiger partial charge in [-0.1, -0.05) is 18.2 Å². The Kier molecular flexibility index (Phi) is 10.3. The van der Waals surface area contributed by atoms with Crippen LogP contribution in [-0.2, 0) is 11.3 Å². The minimum absolute atomic E-state index is 0. The predicted octanol–water partition coefficient (Wildman–Crippen LogP) is 3.01. The number of hydrogen-bond donors (Lipinski definition) is 2. The largest absolute Gasteiger partial charge is 0.380 e. The topological polar surface area (TPSA) is 61.8 Å². The smallest absolute Gasteiger partial charge is 0.191 e. The molecule has 7 heteroatoms. The van der Waals surface area contributed by atoms with Gasteiger partial charge >= 0.3 is 0 Å². The Balaban J connectivity index is 0.00000338. The Morgan fingerprint density at radius 1 is 1.19 bits per heavy atom. The van der Waals surface area contributed by atoms with Gasteiger partial charge in [0, 0.05) is 39.2 Å². The fraction of sp³-hybridized carbons (Fsp3) is 0.474.